The minimum absolute atomic E-state index is 0.0982. The van der Waals surface area contributed by atoms with Crippen LogP contribution < -0.4 is 0 Å². The molecule has 1 unspecified atom stereocenters. The fourth-order valence-corrected chi connectivity index (χ4v) is 3.23. The molecule has 0 bridgehead atoms. The fourth-order valence-electron chi connectivity index (χ4n) is 1.96. The van der Waals surface area contributed by atoms with Crippen LogP contribution in [0, 0.1) is 15.9 Å². The molecule has 1 aliphatic rings. The van der Waals surface area contributed by atoms with Crippen LogP contribution in [-0.4, -0.2) is 21.7 Å². The molecule has 0 saturated carbocycles. The Bertz CT molecular complexity index is 486. The Balaban J connectivity index is 2.26. The molecular weight excluding hydrogens is 257 g/mol. The number of ketones is 1. The third-order valence-corrected chi connectivity index (χ3v) is 4.23. The summed E-state index contributed by atoms with van der Waals surface area (Å²) in [6.45, 7) is 0. The first-order valence-corrected chi connectivity index (χ1v) is 6.73. The van der Waals surface area contributed by atoms with Gasteiger partial charge in [-0.05, 0) is 24.7 Å². The molecule has 4 nitrogen and oxygen atoms in total. The molecule has 0 aliphatic carbocycles. The molecule has 0 radical (unpaired) electrons. The molecule has 1 aromatic carbocycles. The number of rotatable bonds is 3. The Kier molecular flexibility index (Phi) is 3.96. The van der Waals surface area contributed by atoms with Gasteiger partial charge in [0.25, 0.3) is 5.69 Å². The summed E-state index contributed by atoms with van der Waals surface area (Å²) >= 11 is 1.54. The number of hydrogen-bond donors (Lipinski definition) is 0. The van der Waals surface area contributed by atoms with E-state index in [0.717, 1.165) is 43.2 Å². The zero-order valence-electron chi connectivity index (χ0n) is 9.60. The molecule has 6 heteroatoms. The van der Waals surface area contributed by atoms with E-state index in [2.05, 4.69) is 0 Å². The zero-order chi connectivity index (χ0) is 13.1. The summed E-state index contributed by atoms with van der Waals surface area (Å²) in [7, 11) is 0. The van der Waals surface area contributed by atoms with E-state index >= 15 is 0 Å². The summed E-state index contributed by atoms with van der Waals surface area (Å²) in [6.07, 6.45) is 2.81. The predicted octanol–water partition coefficient (Wildman–Crippen LogP) is 3.20. The number of carbonyl (C=O) groups is 1. The highest BCUT2D eigenvalue weighted by Crippen LogP contribution is 2.29. The number of carbonyl (C=O) groups excluding carboxylic acids is 1. The number of Topliss-reactive ketones (excluding diaryl/α,β-unsaturated/α-hetero) is 1. The second kappa shape index (κ2) is 5.48. The summed E-state index contributed by atoms with van der Waals surface area (Å²) in [5, 5.41) is 10.4. The molecular formula is C12H12FNO3S. The van der Waals surface area contributed by atoms with Gasteiger partial charge in [-0.2, -0.15) is 11.8 Å². The van der Waals surface area contributed by atoms with E-state index in [1.807, 2.05) is 0 Å². The number of nitro benzene ring substituents is 1. The standard InChI is InChI=1S/C12H12FNO3S/c13-9-5-8(6-10(7-9)14(16)17)12(15)11-3-1-2-4-18-11/h5-7,11H,1-4H2. The number of halogens is 1. The molecule has 1 atom stereocenters. The molecule has 1 fully saturated rings. The van der Waals surface area contributed by atoms with Crippen molar-refractivity contribution in [1.29, 1.82) is 0 Å². The smallest absolute Gasteiger partial charge is 0.273 e. The van der Waals surface area contributed by atoms with Gasteiger partial charge in [-0.1, -0.05) is 6.42 Å². The van der Waals surface area contributed by atoms with Gasteiger partial charge in [-0.25, -0.2) is 4.39 Å². The summed E-state index contributed by atoms with van der Waals surface area (Å²) in [4.78, 5) is 22.1. The maximum absolute atomic E-state index is 13.3. The van der Waals surface area contributed by atoms with Gasteiger partial charge in [-0.3, -0.25) is 14.9 Å². The summed E-state index contributed by atoms with van der Waals surface area (Å²) in [6, 6.07) is 3.05. The molecule has 0 spiro atoms. The monoisotopic (exact) mass is 269 g/mol. The minimum atomic E-state index is -0.742. The third kappa shape index (κ3) is 2.87. The van der Waals surface area contributed by atoms with E-state index in [9.17, 15) is 19.3 Å². The van der Waals surface area contributed by atoms with Crippen molar-refractivity contribution in [3.8, 4) is 0 Å². The van der Waals surface area contributed by atoms with Crippen molar-refractivity contribution >= 4 is 23.2 Å². The molecule has 0 aromatic heterocycles. The van der Waals surface area contributed by atoms with Crippen molar-refractivity contribution in [3.05, 3.63) is 39.7 Å². The second-order valence-electron chi connectivity index (χ2n) is 4.17. The molecule has 2 rings (SSSR count). The largest absolute Gasteiger partial charge is 0.293 e. The van der Waals surface area contributed by atoms with Crippen molar-refractivity contribution in [3.63, 3.8) is 0 Å². The van der Waals surface area contributed by atoms with Crippen LogP contribution in [0.5, 0.6) is 0 Å². The van der Waals surface area contributed by atoms with Gasteiger partial charge in [0.2, 0.25) is 0 Å². The highest BCUT2D eigenvalue weighted by molar-refractivity contribution is 8.00. The molecule has 0 amide bonds. The molecule has 96 valence electrons. The van der Waals surface area contributed by atoms with Gasteiger partial charge in [0.1, 0.15) is 5.82 Å². The predicted molar refractivity (Wildman–Crippen MR) is 67.5 cm³/mol. The first-order chi connectivity index (χ1) is 8.58. The number of hydrogen-bond acceptors (Lipinski definition) is 4. The van der Waals surface area contributed by atoms with Gasteiger partial charge in [0.05, 0.1) is 16.2 Å². The van der Waals surface area contributed by atoms with Crippen molar-refractivity contribution in [1.82, 2.24) is 0 Å². The SMILES string of the molecule is O=C(c1cc(F)cc([N+](=O)[O-])c1)C1CCCCS1. The van der Waals surface area contributed by atoms with Crippen LogP contribution in [0.25, 0.3) is 0 Å². The first kappa shape index (κ1) is 13.0. The molecule has 1 aliphatic heterocycles. The van der Waals surface area contributed by atoms with Crippen molar-refractivity contribution < 1.29 is 14.1 Å². The highest BCUT2D eigenvalue weighted by Gasteiger charge is 2.24. The lowest BCUT2D eigenvalue weighted by atomic mass is 10.0. The van der Waals surface area contributed by atoms with E-state index < -0.39 is 10.7 Å². The van der Waals surface area contributed by atoms with E-state index in [1.165, 1.54) is 0 Å². The van der Waals surface area contributed by atoms with E-state index in [4.69, 9.17) is 0 Å². The maximum atomic E-state index is 13.3. The maximum Gasteiger partial charge on any atom is 0.273 e. The second-order valence-corrected chi connectivity index (χ2v) is 5.49. The topological polar surface area (TPSA) is 60.2 Å². The van der Waals surface area contributed by atoms with Crippen LogP contribution in [0.4, 0.5) is 10.1 Å². The average molecular weight is 269 g/mol. The van der Waals surface area contributed by atoms with Crippen LogP contribution in [-0.2, 0) is 0 Å². The van der Waals surface area contributed by atoms with Crippen LogP contribution in [0.2, 0.25) is 0 Å². The van der Waals surface area contributed by atoms with Crippen LogP contribution in [0.3, 0.4) is 0 Å². The molecule has 1 heterocycles. The lowest BCUT2D eigenvalue weighted by Crippen LogP contribution is -2.21. The third-order valence-electron chi connectivity index (χ3n) is 2.85. The molecule has 1 saturated heterocycles. The first-order valence-electron chi connectivity index (χ1n) is 5.69. The number of benzene rings is 1. The normalized spacial score (nSPS) is 19.5. The Morgan fingerprint density at radius 1 is 1.39 bits per heavy atom. The fraction of sp³-hybridized carbons (Fsp3) is 0.417. The van der Waals surface area contributed by atoms with Gasteiger partial charge in [-0.15, -0.1) is 0 Å². The van der Waals surface area contributed by atoms with Gasteiger partial charge in [0, 0.05) is 11.6 Å². The number of nitro groups is 1. The van der Waals surface area contributed by atoms with E-state index in [1.54, 1.807) is 11.8 Å². The number of non-ortho nitro benzene ring substituents is 1. The van der Waals surface area contributed by atoms with Gasteiger partial charge < -0.3 is 0 Å². The van der Waals surface area contributed by atoms with Crippen LogP contribution >= 0.6 is 11.8 Å². The lowest BCUT2D eigenvalue weighted by Gasteiger charge is -2.19. The Hall–Kier alpha value is -1.43. The lowest BCUT2D eigenvalue weighted by molar-refractivity contribution is -0.385. The molecule has 0 N–H and O–H groups in total. The number of thioether (sulfide) groups is 1. The van der Waals surface area contributed by atoms with Crippen LogP contribution in [0.15, 0.2) is 18.2 Å². The van der Waals surface area contributed by atoms with Crippen molar-refractivity contribution in [2.75, 3.05) is 5.75 Å². The summed E-state index contributed by atoms with van der Waals surface area (Å²) in [5.74, 6) is -0.0379. The van der Waals surface area contributed by atoms with Crippen molar-refractivity contribution in [2.45, 2.75) is 24.5 Å². The van der Waals surface area contributed by atoms with Crippen molar-refractivity contribution in [2.24, 2.45) is 0 Å². The van der Waals surface area contributed by atoms with E-state index in [0.29, 0.717) is 0 Å². The molecule has 1 aromatic rings. The van der Waals surface area contributed by atoms with E-state index in [-0.39, 0.29) is 22.3 Å². The summed E-state index contributed by atoms with van der Waals surface area (Å²) < 4.78 is 13.3. The van der Waals surface area contributed by atoms with Gasteiger partial charge in [0.15, 0.2) is 5.78 Å². The average Bonchev–Trinajstić information content (AvgIpc) is 2.38. The van der Waals surface area contributed by atoms with Gasteiger partial charge >= 0.3 is 0 Å². The zero-order valence-corrected chi connectivity index (χ0v) is 10.4. The Morgan fingerprint density at radius 2 is 2.17 bits per heavy atom. The summed E-state index contributed by atoms with van der Waals surface area (Å²) in [5.41, 5.74) is -0.278. The Morgan fingerprint density at radius 3 is 2.78 bits per heavy atom. The number of nitrogens with zero attached hydrogens (tertiary/aromatic N) is 1. The Labute approximate surface area is 108 Å². The highest BCUT2D eigenvalue weighted by atomic mass is 32.2. The quantitative estimate of drug-likeness (QED) is 0.480. The van der Waals surface area contributed by atoms with Crippen LogP contribution in [0.1, 0.15) is 29.6 Å². The molecule has 18 heavy (non-hydrogen) atoms. The minimum Gasteiger partial charge on any atom is -0.293 e.